The average molecular weight is 340 g/mol. The molecular formula is C18H20N4O3. The van der Waals surface area contributed by atoms with Gasteiger partial charge in [0, 0.05) is 30.8 Å². The van der Waals surface area contributed by atoms with Crippen molar-refractivity contribution in [1.29, 1.82) is 0 Å². The monoisotopic (exact) mass is 340 g/mol. The van der Waals surface area contributed by atoms with E-state index in [1.165, 1.54) is 0 Å². The van der Waals surface area contributed by atoms with Gasteiger partial charge in [-0.05, 0) is 31.0 Å². The molecule has 4 rings (SSSR count). The van der Waals surface area contributed by atoms with E-state index in [1.54, 1.807) is 13.3 Å². The van der Waals surface area contributed by atoms with Gasteiger partial charge in [-0.2, -0.15) is 0 Å². The number of fused-ring (bicyclic) bond motifs is 1. The van der Waals surface area contributed by atoms with Crippen LogP contribution in [0, 0.1) is 0 Å². The molecule has 0 amide bonds. The van der Waals surface area contributed by atoms with Gasteiger partial charge in [-0.3, -0.25) is 0 Å². The van der Waals surface area contributed by atoms with Crippen LogP contribution in [0.3, 0.4) is 0 Å². The van der Waals surface area contributed by atoms with Gasteiger partial charge in [0.2, 0.25) is 0 Å². The summed E-state index contributed by atoms with van der Waals surface area (Å²) in [5, 5.41) is 0. The molecule has 1 saturated heterocycles. The zero-order chi connectivity index (χ0) is 17.2. The van der Waals surface area contributed by atoms with Gasteiger partial charge >= 0.3 is 0 Å². The van der Waals surface area contributed by atoms with Gasteiger partial charge in [0.25, 0.3) is 0 Å². The SMILES string of the molecule is COc1cc(-c2cn3ccnc(N)c3n2)ccc1OC[C@@H]1CCCO1. The van der Waals surface area contributed by atoms with Gasteiger partial charge < -0.3 is 24.3 Å². The van der Waals surface area contributed by atoms with Gasteiger partial charge in [0.15, 0.2) is 23.0 Å². The van der Waals surface area contributed by atoms with Crippen LogP contribution in [-0.2, 0) is 4.74 Å². The van der Waals surface area contributed by atoms with Gasteiger partial charge in [0.05, 0.1) is 18.9 Å². The molecule has 7 nitrogen and oxygen atoms in total. The standard InChI is InChI=1S/C18H20N4O3/c1-23-16-9-12(4-5-15(16)25-11-13-3-2-8-24-13)14-10-22-7-6-20-17(19)18(22)21-14/h4-7,9-10,13H,2-3,8,11H2,1H3,(H2,19,20)/t13-/m0/s1. The predicted molar refractivity (Wildman–Crippen MR) is 93.9 cm³/mol. The van der Waals surface area contributed by atoms with Crippen LogP contribution < -0.4 is 15.2 Å². The second-order valence-electron chi connectivity index (χ2n) is 5.98. The van der Waals surface area contributed by atoms with Crippen LogP contribution in [0.5, 0.6) is 11.5 Å². The molecule has 2 N–H and O–H groups in total. The van der Waals surface area contributed by atoms with Gasteiger partial charge in [-0.15, -0.1) is 0 Å². The summed E-state index contributed by atoms with van der Waals surface area (Å²) in [6.07, 6.45) is 7.68. The summed E-state index contributed by atoms with van der Waals surface area (Å²) >= 11 is 0. The first-order valence-electron chi connectivity index (χ1n) is 8.26. The van der Waals surface area contributed by atoms with Crippen molar-refractivity contribution in [3.63, 3.8) is 0 Å². The quantitative estimate of drug-likeness (QED) is 0.768. The average Bonchev–Trinajstić information content (AvgIpc) is 3.30. The summed E-state index contributed by atoms with van der Waals surface area (Å²) < 4.78 is 18.8. The maximum atomic E-state index is 5.88. The van der Waals surface area contributed by atoms with E-state index >= 15 is 0 Å². The van der Waals surface area contributed by atoms with Crippen molar-refractivity contribution in [3.05, 3.63) is 36.8 Å². The minimum atomic E-state index is 0.165. The molecule has 0 unspecified atom stereocenters. The lowest BCUT2D eigenvalue weighted by Crippen LogP contribution is -2.16. The molecule has 1 atom stereocenters. The number of hydrogen-bond acceptors (Lipinski definition) is 6. The summed E-state index contributed by atoms with van der Waals surface area (Å²) in [5.41, 5.74) is 8.23. The van der Waals surface area contributed by atoms with Crippen LogP contribution in [0.4, 0.5) is 5.82 Å². The first-order chi connectivity index (χ1) is 12.2. The molecular weight excluding hydrogens is 320 g/mol. The van der Waals surface area contributed by atoms with Crippen LogP contribution in [0.25, 0.3) is 16.9 Å². The number of nitrogens with two attached hydrogens (primary N) is 1. The number of nitrogens with zero attached hydrogens (tertiary/aromatic N) is 3. The molecule has 2 aromatic heterocycles. The Hall–Kier alpha value is -2.80. The van der Waals surface area contributed by atoms with Crippen LogP contribution in [-0.4, -0.2) is 40.8 Å². The molecule has 0 spiro atoms. The van der Waals surface area contributed by atoms with Crippen LogP contribution >= 0.6 is 0 Å². The second-order valence-corrected chi connectivity index (χ2v) is 5.98. The van der Waals surface area contributed by atoms with Crippen LogP contribution in [0.2, 0.25) is 0 Å². The topological polar surface area (TPSA) is 83.9 Å². The molecule has 0 aliphatic carbocycles. The van der Waals surface area contributed by atoms with Crippen molar-refractivity contribution in [1.82, 2.24) is 14.4 Å². The highest BCUT2D eigenvalue weighted by Gasteiger charge is 2.17. The Morgan fingerprint density at radius 3 is 3.04 bits per heavy atom. The third-order valence-electron chi connectivity index (χ3n) is 4.31. The number of imidazole rings is 1. The Morgan fingerprint density at radius 2 is 2.28 bits per heavy atom. The third kappa shape index (κ3) is 3.10. The van der Waals surface area contributed by atoms with Gasteiger partial charge in [-0.25, -0.2) is 9.97 Å². The lowest BCUT2D eigenvalue weighted by molar-refractivity contribution is 0.0670. The summed E-state index contributed by atoms with van der Waals surface area (Å²) in [5.74, 6) is 1.77. The van der Waals surface area contributed by atoms with E-state index in [0.29, 0.717) is 29.6 Å². The van der Waals surface area contributed by atoms with Crippen molar-refractivity contribution < 1.29 is 14.2 Å². The van der Waals surface area contributed by atoms with Crippen LogP contribution in [0.1, 0.15) is 12.8 Å². The molecule has 25 heavy (non-hydrogen) atoms. The number of ether oxygens (including phenoxy) is 3. The maximum absolute atomic E-state index is 5.88. The fraction of sp³-hybridized carbons (Fsp3) is 0.333. The van der Waals surface area contributed by atoms with Crippen molar-refractivity contribution in [2.75, 3.05) is 26.1 Å². The van der Waals surface area contributed by atoms with Crippen molar-refractivity contribution >= 4 is 11.5 Å². The minimum Gasteiger partial charge on any atom is -0.493 e. The first kappa shape index (κ1) is 15.7. The third-order valence-corrected chi connectivity index (χ3v) is 4.31. The summed E-state index contributed by atoms with van der Waals surface area (Å²) in [4.78, 5) is 8.62. The largest absolute Gasteiger partial charge is 0.493 e. The zero-order valence-corrected chi connectivity index (χ0v) is 14.0. The number of methoxy groups -OCH3 is 1. The highest BCUT2D eigenvalue weighted by Crippen LogP contribution is 2.33. The Balaban J connectivity index is 1.60. The predicted octanol–water partition coefficient (Wildman–Crippen LogP) is 2.54. The Bertz CT molecular complexity index is 887. The fourth-order valence-electron chi connectivity index (χ4n) is 2.98. The molecule has 1 aromatic carbocycles. The number of nitrogen functional groups attached to an aromatic ring is 1. The Morgan fingerprint density at radius 1 is 1.36 bits per heavy atom. The van der Waals surface area contributed by atoms with Crippen molar-refractivity contribution in [2.45, 2.75) is 18.9 Å². The smallest absolute Gasteiger partial charge is 0.180 e. The molecule has 0 saturated carbocycles. The molecule has 0 radical (unpaired) electrons. The normalized spacial score (nSPS) is 17.1. The lowest BCUT2D eigenvalue weighted by Gasteiger charge is -2.14. The first-order valence-corrected chi connectivity index (χ1v) is 8.26. The fourth-order valence-corrected chi connectivity index (χ4v) is 2.98. The lowest BCUT2D eigenvalue weighted by atomic mass is 10.1. The van der Waals surface area contributed by atoms with E-state index < -0.39 is 0 Å². The van der Waals surface area contributed by atoms with E-state index in [1.807, 2.05) is 35.0 Å². The van der Waals surface area contributed by atoms with Crippen LogP contribution in [0.15, 0.2) is 36.8 Å². The highest BCUT2D eigenvalue weighted by atomic mass is 16.5. The molecule has 1 fully saturated rings. The second kappa shape index (κ2) is 6.60. The Kier molecular flexibility index (Phi) is 4.15. The minimum absolute atomic E-state index is 0.165. The Labute approximate surface area is 145 Å². The van der Waals surface area contributed by atoms with E-state index in [0.717, 1.165) is 30.7 Å². The molecule has 130 valence electrons. The molecule has 3 heterocycles. The molecule has 0 bridgehead atoms. The van der Waals surface area contributed by atoms with E-state index in [9.17, 15) is 0 Å². The highest BCUT2D eigenvalue weighted by molar-refractivity contribution is 5.70. The number of benzene rings is 1. The summed E-state index contributed by atoms with van der Waals surface area (Å²) in [6.45, 7) is 1.35. The summed E-state index contributed by atoms with van der Waals surface area (Å²) in [6, 6.07) is 5.77. The number of rotatable bonds is 5. The zero-order valence-electron chi connectivity index (χ0n) is 14.0. The number of aromatic nitrogens is 3. The van der Waals surface area contributed by atoms with Gasteiger partial charge in [0.1, 0.15) is 6.61 Å². The molecule has 3 aromatic rings. The van der Waals surface area contributed by atoms with E-state index in [2.05, 4.69) is 9.97 Å². The molecule has 7 heteroatoms. The van der Waals surface area contributed by atoms with E-state index in [-0.39, 0.29) is 6.10 Å². The number of hydrogen-bond donors (Lipinski definition) is 1. The maximum Gasteiger partial charge on any atom is 0.180 e. The summed E-state index contributed by atoms with van der Waals surface area (Å²) in [7, 11) is 1.63. The molecule has 1 aliphatic rings. The number of anilines is 1. The molecule has 1 aliphatic heterocycles. The van der Waals surface area contributed by atoms with Gasteiger partial charge in [-0.1, -0.05) is 0 Å². The van der Waals surface area contributed by atoms with Crippen molar-refractivity contribution in [3.8, 4) is 22.8 Å². The van der Waals surface area contributed by atoms with E-state index in [4.69, 9.17) is 19.9 Å². The van der Waals surface area contributed by atoms with Crippen molar-refractivity contribution in [2.24, 2.45) is 0 Å².